The number of carbonyl (C=O) groups excluding carboxylic acids is 5. The topological polar surface area (TPSA) is 554 Å². The largest absolute Gasteiger partial charge is 0.496 e. The van der Waals surface area contributed by atoms with Crippen LogP contribution < -0.4 is 87.6 Å². The number of halogens is 1. The molecule has 149 heavy (non-hydrogen) atoms. The Morgan fingerprint density at radius 3 is 0.940 bits per heavy atom. The smallest absolute Gasteiger partial charge is 0.332 e. The molecule has 0 unspecified atom stereocenters. The molecule has 15 aromatic heterocycles. The van der Waals surface area contributed by atoms with Crippen molar-refractivity contribution < 1.29 is 33.1 Å². The average Bonchev–Trinajstić information content (AvgIpc) is 1.64. The Hall–Kier alpha value is -20.5. The second-order valence-corrected chi connectivity index (χ2v) is 33.7. The zero-order chi connectivity index (χ0) is 106. The van der Waals surface area contributed by atoms with E-state index in [0.29, 0.717) is 39.8 Å². The minimum atomic E-state index is -0.540. The maximum absolute atomic E-state index is 13.0. The third kappa shape index (κ3) is 21.7. The number of ether oxygens (including phenoxy) is 1. The molecule has 5 aromatic carbocycles. The molecule has 0 fully saturated rings. The van der Waals surface area contributed by atoms with Gasteiger partial charge in [0, 0.05) is 147 Å². The van der Waals surface area contributed by atoms with Crippen LogP contribution in [0.3, 0.4) is 0 Å². The number of imidazole rings is 5. The van der Waals surface area contributed by atoms with E-state index < -0.39 is 68.1 Å². The highest BCUT2D eigenvalue weighted by molar-refractivity contribution is 5.96. The van der Waals surface area contributed by atoms with Gasteiger partial charge in [0.25, 0.3) is 27.8 Å². The van der Waals surface area contributed by atoms with E-state index in [9.17, 15) is 76.3 Å². The summed E-state index contributed by atoms with van der Waals surface area (Å²) in [4.78, 5) is 217. The molecule has 0 spiro atoms. The average molecular weight is 2020 g/mol. The molecule has 15 heterocycles. The Balaban J connectivity index is 0.000000133. The lowest BCUT2D eigenvalue weighted by Gasteiger charge is -2.12. The molecular weight excluding hydrogens is 1920 g/mol. The number of rotatable bonds is 21. The van der Waals surface area contributed by atoms with Crippen molar-refractivity contribution in [2.45, 2.75) is 39.6 Å². The molecule has 5 amide bonds. The summed E-state index contributed by atoms with van der Waals surface area (Å²) < 4.78 is 36.9. The van der Waals surface area contributed by atoms with Crippen molar-refractivity contribution in [1.29, 1.82) is 0 Å². The number of aromatic nitrogens is 27. The van der Waals surface area contributed by atoms with Crippen LogP contribution in [0.5, 0.6) is 5.75 Å². The van der Waals surface area contributed by atoms with Gasteiger partial charge in [-0.2, -0.15) is 0 Å². The zero-order valence-electron chi connectivity index (χ0n) is 81.6. The molecule has 0 saturated heterocycles. The van der Waals surface area contributed by atoms with E-state index in [2.05, 4.69) is 86.9 Å². The molecule has 0 saturated carbocycles. The first-order valence-corrected chi connectivity index (χ1v) is 45.2. The van der Waals surface area contributed by atoms with E-state index >= 15 is 0 Å². The molecular formula is C100H91FN32O16. The highest BCUT2D eigenvalue weighted by Crippen LogP contribution is 2.33. The fourth-order valence-corrected chi connectivity index (χ4v) is 16.0. The molecule has 20 aromatic rings. The van der Waals surface area contributed by atoms with Crippen LogP contribution >= 0.6 is 0 Å². The van der Waals surface area contributed by atoms with Crippen LogP contribution in [-0.2, 0) is 127 Å². The second-order valence-electron chi connectivity index (χ2n) is 33.7. The molecule has 5 N–H and O–H groups in total. The van der Waals surface area contributed by atoms with E-state index in [1.165, 1.54) is 160 Å². The summed E-state index contributed by atoms with van der Waals surface area (Å²) in [7, 11) is 16.1. The van der Waals surface area contributed by atoms with Crippen LogP contribution in [0.15, 0.2) is 293 Å². The van der Waals surface area contributed by atoms with E-state index in [1.807, 2.05) is 110 Å². The van der Waals surface area contributed by atoms with Gasteiger partial charge in [0.1, 0.15) is 44.3 Å². The fraction of sp³-hybridized carbons (Fsp3) is 0.170. The van der Waals surface area contributed by atoms with Crippen molar-refractivity contribution in [3.05, 3.63) is 360 Å². The Bertz CT molecular complexity index is 9050. The van der Waals surface area contributed by atoms with Crippen LogP contribution in [0.2, 0.25) is 0 Å². The molecule has 0 aliphatic heterocycles. The van der Waals surface area contributed by atoms with Gasteiger partial charge in [-0.1, -0.05) is 48.5 Å². The van der Waals surface area contributed by atoms with Crippen LogP contribution in [0.25, 0.3) is 112 Å². The monoisotopic (exact) mass is 2010 g/mol. The van der Waals surface area contributed by atoms with Gasteiger partial charge < -0.3 is 54.2 Å². The van der Waals surface area contributed by atoms with Crippen molar-refractivity contribution >= 4 is 114 Å². The Morgan fingerprint density at radius 2 is 0.597 bits per heavy atom. The SMILES string of the molecule is COc1cc(NC(=O)Cn2cnc3c2c(=O)n(C)c(=O)n3C)ccc1-c1ccccc1.Cc1cc(-c2ccncc2)ccc1NC(=O)Cn1cnc2c1c(=O)n(C)c(=O)n2C.Cn1c(=O)c2c(ncn2CC(=O)Nc2ccc(-c3ccc(F)cc3)nn2)n(C)c1=O.Cn1c(=O)c2c(ncn2CC(=O)Nc2ccc(-c3ccncc3)cc2)n(C)c1=O.Cn1c(=O)c2c(ncn2CC(=O)Nc2ccc(-c3ccncc3)nn2)n(C)c1=O. The van der Waals surface area contributed by atoms with Crippen molar-refractivity contribution in [2.75, 3.05) is 33.7 Å². The maximum atomic E-state index is 13.0. The van der Waals surface area contributed by atoms with E-state index in [-0.39, 0.29) is 124 Å². The summed E-state index contributed by atoms with van der Waals surface area (Å²) in [5, 5.41) is 29.8. The number of aryl methyl sites for hydroxylation is 6. The molecule has 0 aliphatic rings. The summed E-state index contributed by atoms with van der Waals surface area (Å²) in [6.07, 6.45) is 17.1. The molecule has 754 valence electrons. The number of nitrogens with zero attached hydrogens (tertiary/aromatic N) is 27. The highest BCUT2D eigenvalue weighted by atomic mass is 19.1. The first-order valence-electron chi connectivity index (χ1n) is 45.2. The van der Waals surface area contributed by atoms with Crippen molar-refractivity contribution in [3.63, 3.8) is 0 Å². The quantitative estimate of drug-likeness (QED) is 0.0637. The first-order chi connectivity index (χ1) is 71.5. The molecule has 0 atom stereocenters. The Morgan fingerprint density at radius 1 is 0.295 bits per heavy atom. The van der Waals surface area contributed by atoms with E-state index in [0.717, 1.165) is 67.3 Å². The summed E-state index contributed by atoms with van der Waals surface area (Å²) in [5.41, 5.74) is 8.64. The minimum absolute atomic E-state index is 0.101. The molecule has 49 heteroatoms. The van der Waals surface area contributed by atoms with Gasteiger partial charge in [0.2, 0.25) is 29.5 Å². The lowest BCUT2D eigenvalue weighted by Crippen LogP contribution is -2.37. The fourth-order valence-electron chi connectivity index (χ4n) is 16.0. The normalized spacial score (nSPS) is 11.0. The third-order valence-electron chi connectivity index (χ3n) is 23.9. The van der Waals surface area contributed by atoms with Crippen LogP contribution in [-0.4, -0.2) is 165 Å². The van der Waals surface area contributed by atoms with Gasteiger partial charge in [-0.05, 0) is 162 Å². The summed E-state index contributed by atoms with van der Waals surface area (Å²) in [5.74, 6) is -1.04. The van der Waals surface area contributed by atoms with Gasteiger partial charge in [0.15, 0.2) is 67.5 Å². The number of pyridine rings is 3. The molecule has 0 radical (unpaired) electrons. The van der Waals surface area contributed by atoms with Crippen molar-refractivity contribution in [1.82, 2.24) is 129 Å². The Kier molecular flexibility index (Phi) is 29.7. The van der Waals surface area contributed by atoms with Crippen LogP contribution in [0, 0.1) is 12.7 Å². The highest BCUT2D eigenvalue weighted by Gasteiger charge is 2.25. The number of methoxy groups -OCH3 is 1. The molecule has 20 rings (SSSR count). The van der Waals surface area contributed by atoms with Gasteiger partial charge in [-0.15, -0.1) is 20.4 Å². The predicted molar refractivity (Wildman–Crippen MR) is 549 cm³/mol. The van der Waals surface area contributed by atoms with Crippen molar-refractivity contribution in [3.8, 4) is 61.6 Å². The number of amides is 5. The third-order valence-corrected chi connectivity index (χ3v) is 23.9. The Labute approximate surface area is 837 Å². The number of benzene rings is 5. The number of fused-ring (bicyclic) bond motifs is 5. The number of hydrogen-bond acceptors (Lipinski definition) is 28. The zero-order valence-corrected chi connectivity index (χ0v) is 81.6. The summed E-state index contributed by atoms with van der Waals surface area (Å²) in [6, 6.07) is 52.0. The lowest BCUT2D eigenvalue weighted by atomic mass is 10.0. The lowest BCUT2D eigenvalue weighted by molar-refractivity contribution is -0.117. The number of hydrogen-bond donors (Lipinski definition) is 5. The molecule has 0 aliphatic carbocycles. The van der Waals surface area contributed by atoms with Crippen LogP contribution in [0.1, 0.15) is 5.56 Å². The van der Waals surface area contributed by atoms with Gasteiger partial charge in [-0.25, -0.2) is 53.3 Å². The number of carbonyl (C=O) groups is 5. The number of anilines is 5. The second kappa shape index (κ2) is 43.6. The summed E-state index contributed by atoms with van der Waals surface area (Å²) in [6.45, 7) is 1.21. The minimum Gasteiger partial charge on any atom is -0.496 e. The summed E-state index contributed by atoms with van der Waals surface area (Å²) >= 11 is 0. The van der Waals surface area contributed by atoms with Gasteiger partial charge >= 0.3 is 28.4 Å². The van der Waals surface area contributed by atoms with Crippen molar-refractivity contribution in [2.24, 2.45) is 70.5 Å². The first kappa shape index (κ1) is 101. The maximum Gasteiger partial charge on any atom is 0.332 e. The number of nitrogens with one attached hydrogen (secondary N) is 5. The van der Waals surface area contributed by atoms with Gasteiger partial charge in [-0.3, -0.25) is 109 Å². The van der Waals surface area contributed by atoms with Gasteiger partial charge in [0.05, 0.1) is 50.1 Å². The van der Waals surface area contributed by atoms with E-state index in [1.54, 1.807) is 105 Å². The molecule has 48 nitrogen and oxygen atoms in total. The van der Waals surface area contributed by atoms with E-state index in [4.69, 9.17) is 4.74 Å². The molecule has 0 bridgehead atoms. The van der Waals surface area contributed by atoms with Crippen LogP contribution in [0.4, 0.5) is 33.1 Å². The predicted octanol–water partition coefficient (Wildman–Crippen LogP) is 4.92. The standard InChI is InChI=1S/C22H21N5O4.C21H20N6O3.C20H18N6O3.C19H16FN7O3.C18H16N8O3/c1-25-20-19(21(29)26(2)22(25)30)27(13-23-20)12-18(28)24-15-9-10-16(17(11-15)31-3)14-7-5-4-6-8-14;1-13-10-15(14-6-8-22-9-7-14)4-5-16(13)24-17(28)11-27-12-23-19-18(27)20(29)26(3)21(30)25(19)2;1-24-18-17(19(28)25(2)20(24)29)26(12-22-18)11-16(27)23-15-5-3-13(4-6-15)14-7-9-21-10-8-14;1-25-17-16(18(29)26(2)19(25)30)27(10-21-17)9-15(28)22-14-8-7-13(23-24-14)11-3-5-12(20)6-4-11;1-24-16-15(17(28)25(2)18(24)29)26(10-20-16)9-14(27)21-13-4-3-12(22-23-13)11-5-7-19-8-6-11/h4-11,13H,12H2,1-3H3,(H,24,28);4-10,12H,11H2,1-3H3,(H,24,28);3-10,12H,11H2,1-2H3,(H,23,27);3-8,10H,9H2,1-2H3,(H,22,24,28);3-8,10H,9H2,1-2H3,(H,21,23,27).